The highest BCUT2D eigenvalue weighted by Gasteiger charge is 2.49. The lowest BCUT2D eigenvalue weighted by Crippen LogP contribution is -2.42. The second-order valence-electron chi connectivity index (χ2n) is 5.63. The number of hydrogen-bond donors (Lipinski definition) is 0. The van der Waals surface area contributed by atoms with Crippen molar-refractivity contribution in [2.24, 2.45) is 0 Å². The molecule has 3 atom stereocenters. The summed E-state index contributed by atoms with van der Waals surface area (Å²) >= 11 is 1.66. The van der Waals surface area contributed by atoms with Crippen LogP contribution in [0.15, 0.2) is 16.8 Å². The number of anilines is 1. The van der Waals surface area contributed by atoms with Crippen LogP contribution in [0.1, 0.15) is 19.3 Å². The first-order valence-corrected chi connectivity index (χ1v) is 7.96. The first-order chi connectivity index (χ1) is 9.34. The maximum Gasteiger partial charge on any atom is 0.228 e. The molecule has 0 radical (unpaired) electrons. The van der Waals surface area contributed by atoms with Crippen LogP contribution in [-0.2, 0) is 9.53 Å². The van der Waals surface area contributed by atoms with E-state index in [0.717, 1.165) is 38.3 Å². The second kappa shape index (κ2) is 4.58. The Balaban J connectivity index is 1.58. The lowest BCUT2D eigenvalue weighted by atomic mass is 10.1. The van der Waals surface area contributed by atoms with Crippen molar-refractivity contribution in [3.8, 4) is 0 Å². The first-order valence-electron chi connectivity index (χ1n) is 7.02. The predicted molar refractivity (Wildman–Crippen MR) is 74.5 cm³/mol. The molecule has 5 heteroatoms. The van der Waals surface area contributed by atoms with Crippen LogP contribution in [0.2, 0.25) is 0 Å². The second-order valence-corrected chi connectivity index (χ2v) is 6.41. The molecule has 1 amide bonds. The highest BCUT2D eigenvalue weighted by atomic mass is 32.1. The lowest BCUT2D eigenvalue weighted by Gasteiger charge is -2.28. The summed E-state index contributed by atoms with van der Waals surface area (Å²) < 4.78 is 5.51. The van der Waals surface area contributed by atoms with Gasteiger partial charge in [-0.2, -0.15) is 11.3 Å². The Hall–Kier alpha value is -0.910. The Morgan fingerprint density at radius 1 is 1.32 bits per heavy atom. The number of likely N-dealkylation sites (tertiary alicyclic amines) is 1. The molecule has 4 rings (SSSR count). The van der Waals surface area contributed by atoms with Crippen molar-refractivity contribution in [3.05, 3.63) is 16.8 Å². The van der Waals surface area contributed by atoms with Gasteiger partial charge in [0.2, 0.25) is 5.91 Å². The minimum absolute atomic E-state index is 0.289. The van der Waals surface area contributed by atoms with Gasteiger partial charge in [0.25, 0.3) is 0 Å². The molecule has 3 aliphatic heterocycles. The summed E-state index contributed by atoms with van der Waals surface area (Å²) in [4.78, 5) is 16.9. The summed E-state index contributed by atoms with van der Waals surface area (Å²) in [5.41, 5.74) is 1.09. The molecule has 1 aromatic rings. The Morgan fingerprint density at radius 3 is 3.00 bits per heavy atom. The molecule has 4 nitrogen and oxygen atoms in total. The zero-order valence-corrected chi connectivity index (χ0v) is 11.6. The van der Waals surface area contributed by atoms with Gasteiger partial charge in [-0.3, -0.25) is 9.69 Å². The fraction of sp³-hybridized carbons (Fsp3) is 0.643. The van der Waals surface area contributed by atoms with Gasteiger partial charge in [0.1, 0.15) is 0 Å². The van der Waals surface area contributed by atoms with Crippen LogP contribution in [-0.4, -0.2) is 48.7 Å². The summed E-state index contributed by atoms with van der Waals surface area (Å²) in [6, 6.07) is 3.37. The van der Waals surface area contributed by atoms with Crippen molar-refractivity contribution in [2.75, 3.05) is 24.7 Å². The van der Waals surface area contributed by atoms with E-state index in [-0.39, 0.29) is 5.91 Å². The van der Waals surface area contributed by atoms with Crippen molar-refractivity contribution >= 4 is 22.9 Å². The van der Waals surface area contributed by atoms with E-state index in [9.17, 15) is 4.79 Å². The SMILES string of the molecule is O=C1C[C@H]2[C@@H](CCN2[C@H]2CCOC2)N1c1ccsc1. The number of nitrogens with zero attached hydrogens (tertiary/aromatic N) is 2. The van der Waals surface area contributed by atoms with Crippen molar-refractivity contribution in [3.63, 3.8) is 0 Å². The molecule has 0 saturated carbocycles. The summed E-state index contributed by atoms with van der Waals surface area (Å²) in [7, 11) is 0. The van der Waals surface area contributed by atoms with Gasteiger partial charge in [0.15, 0.2) is 0 Å². The van der Waals surface area contributed by atoms with Gasteiger partial charge in [0, 0.05) is 37.0 Å². The summed E-state index contributed by atoms with van der Waals surface area (Å²) in [5.74, 6) is 0.289. The van der Waals surface area contributed by atoms with Crippen LogP contribution in [0.25, 0.3) is 0 Å². The van der Waals surface area contributed by atoms with Crippen molar-refractivity contribution < 1.29 is 9.53 Å². The van der Waals surface area contributed by atoms with E-state index in [2.05, 4.69) is 16.3 Å². The van der Waals surface area contributed by atoms with Crippen molar-refractivity contribution in [1.29, 1.82) is 0 Å². The van der Waals surface area contributed by atoms with Crippen LogP contribution < -0.4 is 4.90 Å². The minimum Gasteiger partial charge on any atom is -0.380 e. The lowest BCUT2D eigenvalue weighted by molar-refractivity contribution is -0.117. The van der Waals surface area contributed by atoms with Crippen LogP contribution >= 0.6 is 11.3 Å². The number of thiophene rings is 1. The molecule has 3 fully saturated rings. The third kappa shape index (κ3) is 1.83. The van der Waals surface area contributed by atoms with E-state index >= 15 is 0 Å². The van der Waals surface area contributed by atoms with Crippen LogP contribution in [0.5, 0.6) is 0 Å². The number of hydrogen-bond acceptors (Lipinski definition) is 4. The Labute approximate surface area is 116 Å². The molecule has 0 unspecified atom stereocenters. The van der Waals surface area contributed by atoms with E-state index in [1.54, 1.807) is 11.3 Å². The van der Waals surface area contributed by atoms with Gasteiger partial charge in [-0.15, -0.1) is 0 Å². The molecule has 19 heavy (non-hydrogen) atoms. The molecule has 0 spiro atoms. The monoisotopic (exact) mass is 278 g/mol. The molecule has 0 aliphatic carbocycles. The van der Waals surface area contributed by atoms with Crippen LogP contribution in [0.3, 0.4) is 0 Å². The zero-order valence-electron chi connectivity index (χ0n) is 10.8. The molecule has 0 N–H and O–H groups in total. The van der Waals surface area contributed by atoms with Crippen molar-refractivity contribution in [2.45, 2.75) is 37.4 Å². The molecular formula is C14H18N2O2S. The van der Waals surface area contributed by atoms with Gasteiger partial charge in [-0.05, 0) is 24.3 Å². The largest absolute Gasteiger partial charge is 0.380 e. The van der Waals surface area contributed by atoms with Gasteiger partial charge >= 0.3 is 0 Å². The molecule has 3 saturated heterocycles. The Morgan fingerprint density at radius 2 is 2.26 bits per heavy atom. The summed E-state index contributed by atoms with van der Waals surface area (Å²) in [6.45, 7) is 2.83. The molecule has 102 valence electrons. The minimum atomic E-state index is 0.289. The number of fused-ring (bicyclic) bond motifs is 1. The smallest absolute Gasteiger partial charge is 0.228 e. The van der Waals surface area contributed by atoms with Crippen molar-refractivity contribution in [1.82, 2.24) is 4.90 Å². The third-order valence-electron chi connectivity index (χ3n) is 4.70. The molecule has 4 heterocycles. The van der Waals surface area contributed by atoms with Gasteiger partial charge in [0.05, 0.1) is 18.3 Å². The number of carbonyl (C=O) groups is 1. The first kappa shape index (κ1) is 11.9. The summed E-state index contributed by atoms with van der Waals surface area (Å²) in [6.07, 6.45) is 2.90. The topological polar surface area (TPSA) is 32.8 Å². The van der Waals surface area contributed by atoms with E-state index in [0.29, 0.717) is 24.5 Å². The molecule has 0 bridgehead atoms. The highest BCUT2D eigenvalue weighted by Crippen LogP contribution is 2.38. The quantitative estimate of drug-likeness (QED) is 0.826. The Kier molecular flexibility index (Phi) is 2.86. The average Bonchev–Trinajstić information content (AvgIpc) is 3.12. The fourth-order valence-electron chi connectivity index (χ4n) is 3.84. The average molecular weight is 278 g/mol. The van der Waals surface area contributed by atoms with Gasteiger partial charge in [-0.25, -0.2) is 0 Å². The van der Waals surface area contributed by atoms with E-state index in [1.165, 1.54) is 0 Å². The van der Waals surface area contributed by atoms with Crippen LogP contribution in [0.4, 0.5) is 5.69 Å². The number of amides is 1. The maximum absolute atomic E-state index is 12.3. The molecule has 1 aromatic heterocycles. The van der Waals surface area contributed by atoms with Crippen LogP contribution in [0, 0.1) is 0 Å². The summed E-state index contributed by atoms with van der Waals surface area (Å²) in [5, 5.41) is 4.13. The van der Waals surface area contributed by atoms with E-state index < -0.39 is 0 Å². The standard InChI is InChI=1S/C14H18N2O2S/c17-14-7-13-12(16(14)11-3-6-19-9-11)1-4-15(13)10-2-5-18-8-10/h3,6,9-10,12-13H,1-2,4-5,7-8H2/t10-,12+,13-/m0/s1. The zero-order chi connectivity index (χ0) is 12.8. The third-order valence-corrected chi connectivity index (χ3v) is 5.37. The number of ether oxygens (including phenoxy) is 1. The number of carbonyl (C=O) groups excluding carboxylic acids is 1. The van der Waals surface area contributed by atoms with E-state index in [4.69, 9.17) is 4.74 Å². The molecule has 0 aromatic carbocycles. The maximum atomic E-state index is 12.3. The van der Waals surface area contributed by atoms with E-state index in [1.807, 2.05) is 10.3 Å². The normalized spacial score (nSPS) is 35.3. The van der Waals surface area contributed by atoms with Gasteiger partial charge in [-0.1, -0.05) is 0 Å². The molecule has 3 aliphatic rings. The van der Waals surface area contributed by atoms with Gasteiger partial charge < -0.3 is 9.64 Å². The molecular weight excluding hydrogens is 260 g/mol. The highest BCUT2D eigenvalue weighted by molar-refractivity contribution is 7.08. The Bertz CT molecular complexity index is 470. The number of rotatable bonds is 2. The predicted octanol–water partition coefficient (Wildman–Crippen LogP) is 1.72. The fourth-order valence-corrected chi connectivity index (χ4v) is 4.47.